The lowest BCUT2D eigenvalue weighted by atomic mass is 9.91. The third-order valence-electron chi connectivity index (χ3n) is 3.49. The van der Waals surface area contributed by atoms with Crippen LogP contribution in [-0.2, 0) is 4.79 Å². The largest absolute Gasteiger partial charge is 0.491 e. The van der Waals surface area contributed by atoms with Crippen molar-refractivity contribution in [2.24, 2.45) is 0 Å². The summed E-state index contributed by atoms with van der Waals surface area (Å²) in [6.07, 6.45) is 0.598. The third-order valence-corrected chi connectivity index (χ3v) is 4.67. The van der Waals surface area contributed by atoms with Crippen LogP contribution in [0.2, 0.25) is 0 Å². The molecule has 0 saturated carbocycles. The number of hydrogen-bond acceptors (Lipinski definition) is 5. The molecule has 2 heterocycles. The van der Waals surface area contributed by atoms with Crippen LogP contribution in [0.25, 0.3) is 0 Å². The van der Waals surface area contributed by atoms with E-state index in [0.29, 0.717) is 12.2 Å². The molecule has 0 radical (unpaired) electrons. The van der Waals surface area contributed by atoms with Crippen molar-refractivity contribution in [1.29, 1.82) is 0 Å². The second-order valence-electron chi connectivity index (χ2n) is 5.52. The molecule has 1 aromatic carbocycles. The van der Waals surface area contributed by atoms with Crippen LogP contribution in [0.4, 0.5) is 10.9 Å². The lowest BCUT2D eigenvalue weighted by molar-refractivity contribution is -0.116. The van der Waals surface area contributed by atoms with Crippen LogP contribution in [-0.4, -0.2) is 24.0 Å². The standard InChI is InChI=1S/C16H19N3O2S/c1-9(2)21-11-6-4-10(5-7-11)12-8-13(20)18-15-14(12)22-16(17-3)19-15/h4-7,9,12H,8H2,1-3H3,(H,17,19)(H,18,20)/t12-/m1/s1. The molecule has 0 saturated heterocycles. The van der Waals surface area contributed by atoms with Crippen molar-refractivity contribution in [3.8, 4) is 5.75 Å². The molecule has 116 valence electrons. The fourth-order valence-corrected chi connectivity index (χ4v) is 3.55. The normalized spacial score (nSPS) is 17.1. The number of benzene rings is 1. The summed E-state index contributed by atoms with van der Waals surface area (Å²) >= 11 is 1.59. The second-order valence-corrected chi connectivity index (χ2v) is 6.55. The van der Waals surface area contributed by atoms with Crippen molar-refractivity contribution >= 4 is 28.2 Å². The Bertz CT molecular complexity index is 679. The molecule has 1 aromatic heterocycles. The van der Waals surface area contributed by atoms with E-state index in [2.05, 4.69) is 15.6 Å². The van der Waals surface area contributed by atoms with Crippen LogP contribution < -0.4 is 15.4 Å². The van der Waals surface area contributed by atoms with Gasteiger partial charge in [0.25, 0.3) is 0 Å². The van der Waals surface area contributed by atoms with E-state index in [1.54, 1.807) is 11.3 Å². The van der Waals surface area contributed by atoms with Gasteiger partial charge < -0.3 is 15.4 Å². The van der Waals surface area contributed by atoms with Gasteiger partial charge in [-0.2, -0.15) is 0 Å². The molecule has 2 N–H and O–H groups in total. The number of anilines is 2. The second kappa shape index (κ2) is 5.96. The molecule has 1 aliphatic rings. The number of thiazole rings is 1. The molecule has 1 atom stereocenters. The van der Waals surface area contributed by atoms with Gasteiger partial charge in [-0.05, 0) is 31.5 Å². The minimum absolute atomic E-state index is 0.00737. The molecule has 0 aliphatic carbocycles. The molecule has 1 amide bonds. The summed E-state index contributed by atoms with van der Waals surface area (Å²) in [6, 6.07) is 7.98. The van der Waals surface area contributed by atoms with Gasteiger partial charge in [0.15, 0.2) is 5.13 Å². The van der Waals surface area contributed by atoms with Gasteiger partial charge in [0.05, 0.1) is 11.0 Å². The van der Waals surface area contributed by atoms with Crippen LogP contribution in [0.3, 0.4) is 0 Å². The van der Waals surface area contributed by atoms with Gasteiger partial charge in [-0.25, -0.2) is 4.98 Å². The van der Waals surface area contributed by atoms with Crippen LogP contribution in [0, 0.1) is 0 Å². The molecule has 0 fully saturated rings. The highest BCUT2D eigenvalue weighted by atomic mass is 32.1. The number of carbonyl (C=O) groups excluding carboxylic acids is 1. The zero-order valence-electron chi connectivity index (χ0n) is 12.8. The minimum Gasteiger partial charge on any atom is -0.491 e. The predicted molar refractivity (Wildman–Crippen MR) is 89.0 cm³/mol. The Morgan fingerprint density at radius 2 is 2.09 bits per heavy atom. The van der Waals surface area contributed by atoms with Crippen molar-refractivity contribution in [2.75, 3.05) is 17.7 Å². The topological polar surface area (TPSA) is 63.3 Å². The van der Waals surface area contributed by atoms with Gasteiger partial charge in [0.2, 0.25) is 5.91 Å². The Morgan fingerprint density at radius 3 is 2.73 bits per heavy atom. The van der Waals surface area contributed by atoms with E-state index in [9.17, 15) is 4.79 Å². The molecule has 2 aromatic rings. The van der Waals surface area contributed by atoms with Crippen LogP contribution >= 0.6 is 11.3 Å². The monoisotopic (exact) mass is 317 g/mol. The number of fused-ring (bicyclic) bond motifs is 1. The molecule has 0 bridgehead atoms. The van der Waals surface area contributed by atoms with Crippen LogP contribution in [0.1, 0.15) is 36.6 Å². The maximum Gasteiger partial charge on any atom is 0.226 e. The van der Waals surface area contributed by atoms with Gasteiger partial charge in [-0.3, -0.25) is 4.79 Å². The number of rotatable bonds is 4. The number of ether oxygens (including phenoxy) is 1. The Balaban J connectivity index is 1.91. The van der Waals surface area contributed by atoms with E-state index in [0.717, 1.165) is 21.3 Å². The molecule has 3 rings (SSSR count). The third kappa shape index (κ3) is 2.92. The zero-order valence-corrected chi connectivity index (χ0v) is 13.7. The molecular formula is C16H19N3O2S. The number of amides is 1. The lowest BCUT2D eigenvalue weighted by Crippen LogP contribution is -2.22. The highest BCUT2D eigenvalue weighted by Crippen LogP contribution is 2.42. The van der Waals surface area contributed by atoms with Gasteiger partial charge in [0, 0.05) is 19.4 Å². The summed E-state index contributed by atoms with van der Waals surface area (Å²) in [6.45, 7) is 4.00. The van der Waals surface area contributed by atoms with E-state index >= 15 is 0 Å². The molecule has 5 nitrogen and oxygen atoms in total. The van der Waals surface area contributed by atoms with Gasteiger partial charge in [0.1, 0.15) is 11.6 Å². The number of nitrogens with zero attached hydrogens (tertiary/aromatic N) is 1. The Kier molecular flexibility index (Phi) is 4.02. The molecule has 0 unspecified atom stereocenters. The van der Waals surface area contributed by atoms with Crippen molar-refractivity contribution in [3.63, 3.8) is 0 Å². The Labute approximate surface area is 133 Å². The van der Waals surface area contributed by atoms with Crippen molar-refractivity contribution in [3.05, 3.63) is 34.7 Å². The first-order valence-corrected chi connectivity index (χ1v) is 8.13. The van der Waals surface area contributed by atoms with E-state index < -0.39 is 0 Å². The predicted octanol–water partition coefficient (Wildman–Crippen LogP) is 3.45. The summed E-state index contributed by atoms with van der Waals surface area (Å²) in [7, 11) is 1.83. The van der Waals surface area contributed by atoms with E-state index in [1.807, 2.05) is 45.2 Å². The molecule has 1 aliphatic heterocycles. The lowest BCUT2D eigenvalue weighted by Gasteiger charge is -2.22. The van der Waals surface area contributed by atoms with Crippen molar-refractivity contribution in [2.45, 2.75) is 32.3 Å². The first-order valence-electron chi connectivity index (χ1n) is 7.31. The summed E-state index contributed by atoms with van der Waals surface area (Å²) < 4.78 is 5.67. The minimum atomic E-state index is 0.00737. The van der Waals surface area contributed by atoms with E-state index in [4.69, 9.17) is 4.74 Å². The average molecular weight is 317 g/mol. The molecule has 6 heteroatoms. The maximum absolute atomic E-state index is 11.9. The molecule has 0 spiro atoms. The van der Waals surface area contributed by atoms with E-state index in [1.165, 1.54) is 0 Å². The number of aromatic nitrogens is 1. The Morgan fingerprint density at radius 1 is 1.36 bits per heavy atom. The van der Waals surface area contributed by atoms with Crippen LogP contribution in [0.5, 0.6) is 5.75 Å². The molecule has 22 heavy (non-hydrogen) atoms. The summed E-state index contributed by atoms with van der Waals surface area (Å²) in [5.74, 6) is 1.59. The smallest absolute Gasteiger partial charge is 0.226 e. The SMILES string of the molecule is CNc1nc2c(s1)[C@@H](c1ccc(OC(C)C)cc1)CC(=O)N2. The van der Waals surface area contributed by atoms with Gasteiger partial charge in [-0.1, -0.05) is 23.5 Å². The van der Waals surface area contributed by atoms with Gasteiger partial charge >= 0.3 is 0 Å². The first kappa shape index (κ1) is 14.8. The summed E-state index contributed by atoms with van der Waals surface area (Å²) in [5.41, 5.74) is 1.11. The maximum atomic E-state index is 11.9. The summed E-state index contributed by atoms with van der Waals surface area (Å²) in [5, 5.41) is 6.70. The quantitative estimate of drug-likeness (QED) is 0.906. The van der Waals surface area contributed by atoms with Crippen molar-refractivity contribution < 1.29 is 9.53 Å². The number of nitrogens with one attached hydrogen (secondary N) is 2. The van der Waals surface area contributed by atoms with Crippen molar-refractivity contribution in [1.82, 2.24) is 4.98 Å². The Hall–Kier alpha value is -2.08. The zero-order chi connectivity index (χ0) is 15.7. The number of hydrogen-bond donors (Lipinski definition) is 2. The highest BCUT2D eigenvalue weighted by molar-refractivity contribution is 7.16. The average Bonchev–Trinajstić information content (AvgIpc) is 2.89. The fraction of sp³-hybridized carbons (Fsp3) is 0.375. The van der Waals surface area contributed by atoms with E-state index in [-0.39, 0.29) is 17.9 Å². The number of carbonyl (C=O) groups is 1. The van der Waals surface area contributed by atoms with Crippen LogP contribution in [0.15, 0.2) is 24.3 Å². The highest BCUT2D eigenvalue weighted by Gasteiger charge is 2.30. The first-order chi connectivity index (χ1) is 10.6. The summed E-state index contributed by atoms with van der Waals surface area (Å²) in [4.78, 5) is 17.4. The molecular weight excluding hydrogens is 298 g/mol. The van der Waals surface area contributed by atoms with Gasteiger partial charge in [-0.15, -0.1) is 0 Å². The fourth-order valence-electron chi connectivity index (χ4n) is 2.55.